The molecule has 0 saturated carbocycles. The molecule has 5 aromatic heterocycles. The summed E-state index contributed by atoms with van der Waals surface area (Å²) in [7, 11) is -3.43. The van der Waals surface area contributed by atoms with Gasteiger partial charge in [0.2, 0.25) is 10.0 Å². The monoisotopic (exact) mass is 570 g/mol. The van der Waals surface area contributed by atoms with E-state index in [1.54, 1.807) is 24.7 Å². The van der Waals surface area contributed by atoms with Gasteiger partial charge in [-0.05, 0) is 60.1 Å². The van der Waals surface area contributed by atoms with Crippen LogP contribution in [0.25, 0.3) is 55.7 Å². The van der Waals surface area contributed by atoms with E-state index < -0.39 is 15.8 Å². The maximum atomic E-state index is 14.6. The standard InChI is InChI=1S/C29H27FN8O2S/c1-3-31-12-18-7-20(15-32-13-18)25-10-23-27(16-34-25)37-38-29(23)26-11-22-24(36-26)4-5-33-28(22)19-6-17(8-21(30)9-19)14-35-41(2,39)40/h4-11,13,15-16,31,35-36H,3,12,14H2,1-2H3,(H,37,38). The Balaban J connectivity index is 1.39. The van der Waals surface area contributed by atoms with Crippen molar-refractivity contribution in [3.8, 4) is 33.9 Å². The van der Waals surface area contributed by atoms with E-state index in [9.17, 15) is 12.8 Å². The minimum absolute atomic E-state index is 0.0267. The molecule has 6 rings (SSSR count). The minimum atomic E-state index is -3.43. The Labute approximate surface area is 235 Å². The number of halogens is 1. The summed E-state index contributed by atoms with van der Waals surface area (Å²) in [6, 6.07) is 12.3. The van der Waals surface area contributed by atoms with Crippen molar-refractivity contribution in [3.05, 3.63) is 84.2 Å². The number of aromatic nitrogens is 6. The van der Waals surface area contributed by atoms with Crippen molar-refractivity contribution in [2.75, 3.05) is 12.8 Å². The van der Waals surface area contributed by atoms with Crippen LogP contribution in [0.4, 0.5) is 4.39 Å². The molecule has 0 unspecified atom stereocenters. The Bertz CT molecular complexity index is 2000. The molecule has 1 aromatic carbocycles. The molecule has 0 amide bonds. The first-order valence-corrected chi connectivity index (χ1v) is 14.9. The lowest BCUT2D eigenvalue weighted by atomic mass is 10.0. The second kappa shape index (κ2) is 10.8. The lowest BCUT2D eigenvalue weighted by Gasteiger charge is -2.08. The summed E-state index contributed by atoms with van der Waals surface area (Å²) < 4.78 is 40.0. The highest BCUT2D eigenvalue weighted by Gasteiger charge is 2.16. The predicted octanol–water partition coefficient (Wildman–Crippen LogP) is 4.53. The highest BCUT2D eigenvalue weighted by Crippen LogP contribution is 2.34. The van der Waals surface area contributed by atoms with Crippen molar-refractivity contribution < 1.29 is 12.8 Å². The smallest absolute Gasteiger partial charge is 0.209 e. The van der Waals surface area contributed by atoms with Gasteiger partial charge in [0.05, 0.1) is 35.1 Å². The van der Waals surface area contributed by atoms with Crippen molar-refractivity contribution in [3.63, 3.8) is 0 Å². The van der Waals surface area contributed by atoms with Gasteiger partial charge in [0, 0.05) is 59.1 Å². The van der Waals surface area contributed by atoms with E-state index in [1.807, 2.05) is 24.4 Å². The Morgan fingerprint density at radius 2 is 1.71 bits per heavy atom. The van der Waals surface area contributed by atoms with E-state index in [1.165, 1.54) is 12.1 Å². The zero-order valence-corrected chi connectivity index (χ0v) is 23.2. The van der Waals surface area contributed by atoms with Crippen LogP contribution in [0.2, 0.25) is 0 Å². The summed E-state index contributed by atoms with van der Waals surface area (Å²) in [5, 5.41) is 12.6. The van der Waals surface area contributed by atoms with Gasteiger partial charge >= 0.3 is 0 Å². The number of sulfonamides is 1. The first-order valence-electron chi connectivity index (χ1n) is 13.0. The molecule has 0 aliphatic rings. The van der Waals surface area contributed by atoms with E-state index in [4.69, 9.17) is 0 Å². The van der Waals surface area contributed by atoms with Crippen LogP contribution >= 0.6 is 0 Å². The molecule has 5 heterocycles. The average Bonchev–Trinajstić information content (AvgIpc) is 3.58. The van der Waals surface area contributed by atoms with E-state index in [0.29, 0.717) is 22.5 Å². The zero-order valence-electron chi connectivity index (χ0n) is 22.4. The van der Waals surface area contributed by atoms with Crippen molar-refractivity contribution in [1.29, 1.82) is 0 Å². The molecule has 0 radical (unpaired) electrons. The van der Waals surface area contributed by atoms with Gasteiger partial charge in [-0.15, -0.1) is 0 Å². The number of fused-ring (bicyclic) bond motifs is 2. The Hall–Kier alpha value is -4.52. The highest BCUT2D eigenvalue weighted by molar-refractivity contribution is 7.88. The number of nitrogens with one attached hydrogen (secondary N) is 4. The molecule has 0 aliphatic heterocycles. The number of hydrogen-bond donors (Lipinski definition) is 4. The molecule has 0 bridgehead atoms. The van der Waals surface area contributed by atoms with E-state index in [0.717, 1.165) is 63.7 Å². The number of rotatable bonds is 9. The predicted molar refractivity (Wildman–Crippen MR) is 157 cm³/mol. The molecule has 0 fully saturated rings. The number of benzene rings is 1. The molecular formula is C29H27FN8O2S. The number of hydrogen-bond acceptors (Lipinski definition) is 7. The van der Waals surface area contributed by atoms with Gasteiger partial charge in [-0.25, -0.2) is 17.5 Å². The van der Waals surface area contributed by atoms with Crippen molar-refractivity contribution >= 4 is 31.8 Å². The highest BCUT2D eigenvalue weighted by atomic mass is 32.2. The van der Waals surface area contributed by atoms with E-state index in [-0.39, 0.29) is 6.54 Å². The van der Waals surface area contributed by atoms with Crippen LogP contribution in [-0.2, 0) is 23.1 Å². The minimum Gasteiger partial charge on any atom is -0.353 e. The van der Waals surface area contributed by atoms with E-state index in [2.05, 4.69) is 53.2 Å². The maximum Gasteiger partial charge on any atom is 0.209 e. The Morgan fingerprint density at radius 3 is 2.54 bits per heavy atom. The summed E-state index contributed by atoms with van der Waals surface area (Å²) in [6.45, 7) is 3.63. The van der Waals surface area contributed by atoms with Crippen LogP contribution < -0.4 is 10.0 Å². The van der Waals surface area contributed by atoms with Crippen molar-refractivity contribution in [2.24, 2.45) is 0 Å². The van der Waals surface area contributed by atoms with Crippen LogP contribution in [0.1, 0.15) is 18.1 Å². The summed E-state index contributed by atoms with van der Waals surface area (Å²) >= 11 is 0. The lowest BCUT2D eigenvalue weighted by Crippen LogP contribution is -2.21. The molecule has 0 atom stereocenters. The molecule has 41 heavy (non-hydrogen) atoms. The quantitative estimate of drug-likeness (QED) is 0.200. The molecule has 4 N–H and O–H groups in total. The van der Waals surface area contributed by atoms with Crippen LogP contribution in [0, 0.1) is 5.82 Å². The van der Waals surface area contributed by atoms with Gasteiger partial charge in [0.15, 0.2) is 0 Å². The first kappa shape index (κ1) is 26.7. The SMILES string of the molecule is CCNCc1cncc(-c2cc3c(-c4cc5c(-c6cc(F)cc(CNS(C)(=O)=O)c6)nccc5[nH]4)n[nH]c3cn2)c1. The van der Waals surface area contributed by atoms with Crippen LogP contribution in [0.5, 0.6) is 0 Å². The molecule has 12 heteroatoms. The number of H-pyrrole nitrogens is 2. The number of aromatic amines is 2. The fraction of sp³-hybridized carbons (Fsp3) is 0.172. The summed E-state index contributed by atoms with van der Waals surface area (Å²) in [4.78, 5) is 17.0. The Kier molecular flexibility index (Phi) is 7.03. The molecule has 6 aromatic rings. The second-order valence-electron chi connectivity index (χ2n) is 9.79. The summed E-state index contributed by atoms with van der Waals surface area (Å²) in [5.74, 6) is -0.482. The van der Waals surface area contributed by atoms with Gasteiger partial charge in [-0.1, -0.05) is 6.92 Å². The van der Waals surface area contributed by atoms with Crippen LogP contribution in [0.3, 0.4) is 0 Å². The third-order valence-electron chi connectivity index (χ3n) is 6.69. The van der Waals surface area contributed by atoms with Gasteiger partial charge < -0.3 is 10.3 Å². The van der Waals surface area contributed by atoms with Crippen LogP contribution in [0.15, 0.2) is 67.3 Å². The van der Waals surface area contributed by atoms with Crippen molar-refractivity contribution in [1.82, 2.24) is 40.2 Å². The van der Waals surface area contributed by atoms with Gasteiger partial charge in [-0.2, -0.15) is 5.10 Å². The van der Waals surface area contributed by atoms with E-state index >= 15 is 0 Å². The largest absolute Gasteiger partial charge is 0.353 e. The fourth-order valence-corrected chi connectivity index (χ4v) is 5.22. The van der Waals surface area contributed by atoms with Gasteiger partial charge in [0.25, 0.3) is 0 Å². The van der Waals surface area contributed by atoms with Gasteiger partial charge in [-0.3, -0.25) is 20.1 Å². The number of pyridine rings is 3. The molecule has 208 valence electrons. The molecule has 0 spiro atoms. The molecule has 0 aliphatic carbocycles. The summed E-state index contributed by atoms with van der Waals surface area (Å²) in [6.07, 6.45) is 8.10. The topological polar surface area (TPSA) is 141 Å². The number of nitrogens with zero attached hydrogens (tertiary/aromatic N) is 4. The third kappa shape index (κ3) is 5.71. The normalized spacial score (nSPS) is 12.0. The summed E-state index contributed by atoms with van der Waals surface area (Å²) in [5.41, 5.74) is 7.40. The Morgan fingerprint density at radius 1 is 0.878 bits per heavy atom. The first-order chi connectivity index (χ1) is 19.8. The maximum absolute atomic E-state index is 14.6. The van der Waals surface area contributed by atoms with Crippen molar-refractivity contribution in [2.45, 2.75) is 20.0 Å². The van der Waals surface area contributed by atoms with Crippen LogP contribution in [-0.4, -0.2) is 51.4 Å². The zero-order chi connectivity index (χ0) is 28.6. The molecule has 0 saturated heterocycles. The third-order valence-corrected chi connectivity index (χ3v) is 7.36. The second-order valence-corrected chi connectivity index (χ2v) is 11.6. The molecular weight excluding hydrogens is 543 g/mol. The molecule has 10 nitrogen and oxygen atoms in total. The fourth-order valence-electron chi connectivity index (χ4n) is 4.79. The lowest BCUT2D eigenvalue weighted by molar-refractivity contribution is 0.586. The average molecular weight is 571 g/mol. The van der Waals surface area contributed by atoms with Gasteiger partial charge in [0.1, 0.15) is 11.5 Å².